The van der Waals surface area contributed by atoms with Crippen molar-refractivity contribution in [3.8, 4) is 28.7 Å². The third-order valence-electron chi connectivity index (χ3n) is 3.59. The molecule has 0 aliphatic heterocycles. The number of hydrogen-bond donors (Lipinski definition) is 1. The fourth-order valence-electron chi connectivity index (χ4n) is 2.30. The van der Waals surface area contributed by atoms with E-state index >= 15 is 0 Å². The van der Waals surface area contributed by atoms with E-state index in [1.807, 2.05) is 30.1 Å². The van der Waals surface area contributed by atoms with Gasteiger partial charge in [-0.2, -0.15) is 0 Å². The van der Waals surface area contributed by atoms with Gasteiger partial charge in [0.25, 0.3) is 0 Å². The molecule has 0 spiro atoms. The summed E-state index contributed by atoms with van der Waals surface area (Å²) >= 11 is 0. The van der Waals surface area contributed by atoms with Gasteiger partial charge in [-0.25, -0.2) is 0 Å². The first-order valence-electron chi connectivity index (χ1n) is 6.96. The molecule has 0 saturated heterocycles. The van der Waals surface area contributed by atoms with Gasteiger partial charge in [0.05, 0.1) is 28.4 Å². The van der Waals surface area contributed by atoms with E-state index in [2.05, 4.69) is 0 Å². The number of hydrogen-bond acceptors (Lipinski definition) is 6. The van der Waals surface area contributed by atoms with Crippen LogP contribution in [0.15, 0.2) is 30.3 Å². The van der Waals surface area contributed by atoms with Crippen molar-refractivity contribution in [1.82, 2.24) is 0 Å². The number of phenolic OH excluding ortho intramolecular Hbond substituents is 1. The van der Waals surface area contributed by atoms with Crippen molar-refractivity contribution >= 4 is 11.4 Å². The molecule has 1 N–H and O–H groups in total. The van der Waals surface area contributed by atoms with Gasteiger partial charge in [-0.1, -0.05) is 0 Å². The van der Waals surface area contributed by atoms with Gasteiger partial charge in [0.2, 0.25) is 5.75 Å². The molecule has 6 heteroatoms. The van der Waals surface area contributed by atoms with E-state index < -0.39 is 0 Å². The molecule has 0 aliphatic rings. The van der Waals surface area contributed by atoms with Crippen molar-refractivity contribution < 1.29 is 24.1 Å². The Morgan fingerprint density at radius 2 is 1.30 bits per heavy atom. The fraction of sp³-hybridized carbons (Fsp3) is 0.294. The van der Waals surface area contributed by atoms with Crippen LogP contribution in [-0.4, -0.2) is 40.6 Å². The van der Waals surface area contributed by atoms with E-state index in [0.717, 1.165) is 11.4 Å². The lowest BCUT2D eigenvalue weighted by Crippen LogP contribution is -2.10. The second-order valence-electron chi connectivity index (χ2n) is 4.80. The quantitative estimate of drug-likeness (QED) is 0.882. The van der Waals surface area contributed by atoms with Gasteiger partial charge in [0.1, 0.15) is 0 Å². The highest BCUT2D eigenvalue weighted by molar-refractivity contribution is 5.71. The average molecular weight is 319 g/mol. The second-order valence-corrected chi connectivity index (χ2v) is 4.80. The fourth-order valence-corrected chi connectivity index (χ4v) is 2.30. The van der Waals surface area contributed by atoms with Gasteiger partial charge in [-0.3, -0.25) is 0 Å². The Bertz CT molecular complexity index is 662. The van der Waals surface area contributed by atoms with Gasteiger partial charge < -0.3 is 29.0 Å². The summed E-state index contributed by atoms with van der Waals surface area (Å²) < 4.78 is 21.1. The monoisotopic (exact) mass is 319 g/mol. The highest BCUT2D eigenvalue weighted by atomic mass is 16.5. The largest absolute Gasteiger partial charge is 0.504 e. The Labute approximate surface area is 135 Å². The van der Waals surface area contributed by atoms with E-state index in [9.17, 15) is 5.11 Å². The molecule has 0 amide bonds. The third kappa shape index (κ3) is 3.21. The number of ether oxygens (including phenoxy) is 4. The predicted octanol–water partition coefficient (Wildman–Crippen LogP) is 3.19. The van der Waals surface area contributed by atoms with Gasteiger partial charge in [-0.15, -0.1) is 0 Å². The zero-order valence-electron chi connectivity index (χ0n) is 13.9. The lowest BCUT2D eigenvalue weighted by molar-refractivity contribution is 0.324. The normalized spacial score (nSPS) is 10.1. The standard InChI is InChI=1S/C17H21NO5/c1-18(11-6-7-14(20-2)13(19)8-11)12-9-15(21-3)17(23-5)16(10-12)22-4/h6-10,19H,1-5H3. The van der Waals surface area contributed by atoms with Crippen LogP contribution in [0.4, 0.5) is 11.4 Å². The van der Waals surface area contributed by atoms with E-state index in [0.29, 0.717) is 23.0 Å². The molecule has 23 heavy (non-hydrogen) atoms. The van der Waals surface area contributed by atoms with E-state index in [4.69, 9.17) is 18.9 Å². The molecule has 6 nitrogen and oxygen atoms in total. The summed E-state index contributed by atoms with van der Waals surface area (Å²) in [6.07, 6.45) is 0. The van der Waals surface area contributed by atoms with E-state index in [1.165, 1.54) is 7.11 Å². The number of aromatic hydroxyl groups is 1. The number of phenols is 1. The Morgan fingerprint density at radius 1 is 0.739 bits per heavy atom. The maximum Gasteiger partial charge on any atom is 0.203 e. The molecule has 124 valence electrons. The van der Waals surface area contributed by atoms with Crippen LogP contribution in [0.3, 0.4) is 0 Å². The molecule has 0 radical (unpaired) electrons. The SMILES string of the molecule is COc1ccc(N(C)c2cc(OC)c(OC)c(OC)c2)cc1O. The molecule has 2 aromatic rings. The Morgan fingerprint density at radius 3 is 1.74 bits per heavy atom. The summed E-state index contributed by atoms with van der Waals surface area (Å²) in [5.74, 6) is 2.15. The Hall–Kier alpha value is -2.76. The summed E-state index contributed by atoms with van der Waals surface area (Å²) in [5, 5.41) is 9.95. The molecule has 0 aliphatic carbocycles. The summed E-state index contributed by atoms with van der Waals surface area (Å²) in [6.45, 7) is 0. The number of nitrogens with zero attached hydrogens (tertiary/aromatic N) is 1. The number of rotatable bonds is 6. The van der Waals surface area contributed by atoms with E-state index in [-0.39, 0.29) is 5.75 Å². The minimum Gasteiger partial charge on any atom is -0.504 e. The van der Waals surface area contributed by atoms with Crippen molar-refractivity contribution in [2.75, 3.05) is 40.4 Å². The van der Waals surface area contributed by atoms with Crippen molar-refractivity contribution in [3.05, 3.63) is 30.3 Å². The molecule has 0 bridgehead atoms. The molecule has 0 heterocycles. The highest BCUT2D eigenvalue weighted by Gasteiger charge is 2.16. The zero-order valence-corrected chi connectivity index (χ0v) is 13.9. The summed E-state index contributed by atoms with van der Waals surface area (Å²) in [6, 6.07) is 8.86. The van der Waals surface area contributed by atoms with Crippen molar-refractivity contribution in [2.45, 2.75) is 0 Å². The first-order chi connectivity index (χ1) is 11.0. The molecule has 0 fully saturated rings. The van der Waals surface area contributed by atoms with Crippen LogP contribution in [0.5, 0.6) is 28.7 Å². The zero-order chi connectivity index (χ0) is 17.0. The first-order valence-corrected chi connectivity index (χ1v) is 6.96. The van der Waals surface area contributed by atoms with Gasteiger partial charge in [0, 0.05) is 36.6 Å². The van der Waals surface area contributed by atoms with Crippen LogP contribution in [0.1, 0.15) is 0 Å². The second kappa shape index (κ2) is 7.00. The molecule has 2 rings (SSSR count). The van der Waals surface area contributed by atoms with Crippen molar-refractivity contribution in [3.63, 3.8) is 0 Å². The lowest BCUT2D eigenvalue weighted by atomic mass is 10.2. The third-order valence-corrected chi connectivity index (χ3v) is 3.59. The number of benzene rings is 2. The maximum absolute atomic E-state index is 9.95. The van der Waals surface area contributed by atoms with Crippen LogP contribution in [0.25, 0.3) is 0 Å². The molecule has 0 saturated carbocycles. The molecular weight excluding hydrogens is 298 g/mol. The lowest BCUT2D eigenvalue weighted by Gasteiger charge is -2.22. The van der Waals surface area contributed by atoms with Gasteiger partial charge in [0.15, 0.2) is 23.0 Å². The van der Waals surface area contributed by atoms with E-state index in [1.54, 1.807) is 33.5 Å². The Balaban J connectivity index is 2.46. The molecular formula is C17H21NO5. The Kier molecular flexibility index (Phi) is 5.05. The molecule has 0 atom stereocenters. The minimum atomic E-state index is 0.0734. The van der Waals surface area contributed by atoms with Gasteiger partial charge >= 0.3 is 0 Å². The van der Waals surface area contributed by atoms with Crippen LogP contribution >= 0.6 is 0 Å². The van der Waals surface area contributed by atoms with Crippen LogP contribution in [0, 0.1) is 0 Å². The molecule has 2 aromatic carbocycles. The first kappa shape index (κ1) is 16.6. The average Bonchev–Trinajstić information content (AvgIpc) is 2.59. The predicted molar refractivity (Wildman–Crippen MR) is 88.8 cm³/mol. The molecule has 0 aromatic heterocycles. The minimum absolute atomic E-state index is 0.0734. The topological polar surface area (TPSA) is 60.4 Å². The van der Waals surface area contributed by atoms with Crippen LogP contribution in [0.2, 0.25) is 0 Å². The number of methoxy groups -OCH3 is 4. The van der Waals surface area contributed by atoms with Crippen LogP contribution < -0.4 is 23.8 Å². The molecule has 0 unspecified atom stereocenters. The van der Waals surface area contributed by atoms with Crippen molar-refractivity contribution in [1.29, 1.82) is 0 Å². The van der Waals surface area contributed by atoms with Crippen LogP contribution in [-0.2, 0) is 0 Å². The maximum atomic E-state index is 9.95. The van der Waals surface area contributed by atoms with Gasteiger partial charge in [-0.05, 0) is 12.1 Å². The summed E-state index contributed by atoms with van der Waals surface area (Å²) in [5.41, 5.74) is 1.61. The smallest absolute Gasteiger partial charge is 0.203 e. The van der Waals surface area contributed by atoms with Crippen molar-refractivity contribution in [2.24, 2.45) is 0 Å². The highest BCUT2D eigenvalue weighted by Crippen LogP contribution is 2.42. The summed E-state index contributed by atoms with van der Waals surface area (Å²) in [7, 11) is 8.09. The number of anilines is 2. The summed E-state index contributed by atoms with van der Waals surface area (Å²) in [4.78, 5) is 1.89.